The lowest BCUT2D eigenvalue weighted by atomic mass is 9.67. The van der Waals surface area contributed by atoms with Crippen LogP contribution in [0.1, 0.15) is 49.3 Å². The molecule has 1 N–H and O–H groups in total. The van der Waals surface area contributed by atoms with Gasteiger partial charge in [0, 0.05) is 26.1 Å². The number of aryl methyl sites for hydroxylation is 2. The smallest absolute Gasteiger partial charge is 0.167 e. The molecule has 2 aromatic rings. The van der Waals surface area contributed by atoms with E-state index in [2.05, 4.69) is 0 Å². The molecule has 1 aliphatic heterocycles. The van der Waals surface area contributed by atoms with E-state index in [1.165, 1.54) is 6.07 Å². The van der Waals surface area contributed by atoms with Crippen LogP contribution in [0.5, 0.6) is 11.5 Å². The van der Waals surface area contributed by atoms with Crippen molar-refractivity contribution in [2.75, 3.05) is 13.2 Å². The Bertz CT molecular complexity index is 1000. The van der Waals surface area contributed by atoms with E-state index >= 15 is 0 Å². The number of carbonyl (C=O) groups is 1. The molecule has 1 fully saturated rings. The fourth-order valence-corrected chi connectivity index (χ4v) is 4.54. The van der Waals surface area contributed by atoms with Gasteiger partial charge in [0.25, 0.3) is 0 Å². The summed E-state index contributed by atoms with van der Waals surface area (Å²) in [6.45, 7) is 5.07. The Balaban J connectivity index is 1.69. The first-order valence-electron chi connectivity index (χ1n) is 10.5. The van der Waals surface area contributed by atoms with Crippen molar-refractivity contribution in [1.82, 2.24) is 0 Å². The second-order valence-corrected chi connectivity index (χ2v) is 8.42. The van der Waals surface area contributed by atoms with E-state index in [1.54, 1.807) is 24.3 Å². The van der Waals surface area contributed by atoms with Gasteiger partial charge < -0.3 is 14.6 Å². The first-order chi connectivity index (χ1) is 14.4. The predicted molar refractivity (Wildman–Crippen MR) is 113 cm³/mol. The molecule has 0 bridgehead atoms. The summed E-state index contributed by atoms with van der Waals surface area (Å²) in [4.78, 5) is 13.1. The topological polar surface area (TPSA) is 55.8 Å². The molecule has 1 aliphatic carbocycles. The van der Waals surface area contributed by atoms with Crippen LogP contribution < -0.4 is 4.74 Å². The number of hydrogen-bond donors (Lipinski definition) is 1. The van der Waals surface area contributed by atoms with E-state index in [-0.39, 0.29) is 22.7 Å². The number of carbonyl (C=O) groups excluding carboxylic acids is 1. The Morgan fingerprint density at radius 1 is 1.13 bits per heavy atom. The molecule has 1 saturated heterocycles. The van der Waals surface area contributed by atoms with E-state index in [1.807, 2.05) is 19.9 Å². The van der Waals surface area contributed by atoms with E-state index in [0.717, 1.165) is 24.0 Å². The summed E-state index contributed by atoms with van der Waals surface area (Å²) in [6.07, 6.45) is 3.17. The molecule has 0 unspecified atom stereocenters. The van der Waals surface area contributed by atoms with E-state index in [0.29, 0.717) is 49.4 Å². The average Bonchev–Trinajstić information content (AvgIpc) is 2.70. The van der Waals surface area contributed by atoms with Gasteiger partial charge in [0.2, 0.25) is 0 Å². The Morgan fingerprint density at radius 2 is 1.90 bits per heavy atom. The molecule has 2 aromatic carbocycles. The number of hydrogen-bond acceptors (Lipinski definition) is 4. The van der Waals surface area contributed by atoms with Crippen LogP contribution in [0.2, 0.25) is 0 Å². The van der Waals surface area contributed by atoms with E-state index < -0.39 is 5.82 Å². The fraction of sp³-hybridized carbons (Fsp3) is 0.400. The first-order valence-corrected chi connectivity index (χ1v) is 10.5. The Hall–Kier alpha value is -2.66. The highest BCUT2D eigenvalue weighted by Crippen LogP contribution is 2.47. The zero-order valence-corrected chi connectivity index (χ0v) is 17.5. The van der Waals surface area contributed by atoms with Crippen LogP contribution in [0.4, 0.5) is 4.39 Å². The van der Waals surface area contributed by atoms with Crippen molar-refractivity contribution in [3.8, 4) is 11.5 Å². The number of aliphatic hydroxyl groups excluding tert-OH is 1. The van der Waals surface area contributed by atoms with Gasteiger partial charge in [0.1, 0.15) is 11.5 Å². The van der Waals surface area contributed by atoms with Gasteiger partial charge in [0.15, 0.2) is 17.3 Å². The van der Waals surface area contributed by atoms with Gasteiger partial charge in [-0.3, -0.25) is 4.79 Å². The quantitative estimate of drug-likeness (QED) is 0.680. The maximum atomic E-state index is 14.2. The molecule has 5 heteroatoms. The maximum Gasteiger partial charge on any atom is 0.167 e. The number of Topliss-reactive ketones (excluding diaryl/α,β-unsaturated/α-hetero) is 1. The summed E-state index contributed by atoms with van der Waals surface area (Å²) >= 11 is 0. The molecule has 158 valence electrons. The Labute approximate surface area is 176 Å². The van der Waals surface area contributed by atoms with Crippen LogP contribution in [-0.4, -0.2) is 24.1 Å². The van der Waals surface area contributed by atoms with Crippen LogP contribution in [0.3, 0.4) is 0 Å². The minimum atomic E-state index is -0.437. The Kier molecular flexibility index (Phi) is 5.65. The minimum absolute atomic E-state index is 0.0472. The molecule has 0 aromatic heterocycles. The molecular weight excluding hydrogens is 383 g/mol. The van der Waals surface area contributed by atoms with Crippen molar-refractivity contribution in [1.29, 1.82) is 0 Å². The van der Waals surface area contributed by atoms with Crippen LogP contribution in [-0.2, 0) is 16.0 Å². The normalized spacial score (nSPS) is 18.7. The van der Waals surface area contributed by atoms with Gasteiger partial charge in [-0.25, -0.2) is 4.39 Å². The summed E-state index contributed by atoms with van der Waals surface area (Å²) in [5.74, 6) is 0.221. The van der Waals surface area contributed by atoms with Gasteiger partial charge in [-0.2, -0.15) is 0 Å². The van der Waals surface area contributed by atoms with Crippen LogP contribution in [0.15, 0.2) is 42.2 Å². The third kappa shape index (κ3) is 3.99. The Morgan fingerprint density at radius 3 is 2.57 bits per heavy atom. The molecule has 0 amide bonds. The molecule has 4 nitrogen and oxygen atoms in total. The number of ether oxygens (including phenoxy) is 2. The third-order valence-corrected chi connectivity index (χ3v) is 6.25. The maximum absolute atomic E-state index is 14.2. The third-order valence-electron chi connectivity index (χ3n) is 6.25. The van der Waals surface area contributed by atoms with E-state index in [9.17, 15) is 14.3 Å². The number of benzene rings is 2. The highest BCUT2D eigenvalue weighted by molar-refractivity contribution is 6.22. The van der Waals surface area contributed by atoms with Gasteiger partial charge >= 0.3 is 0 Å². The number of halogens is 1. The SMILES string of the molecule is CCc1ccc(Oc2ccc(C)cc2F)cc1C1=C(O)CC2(CCOCC2)CC1=O. The van der Waals surface area contributed by atoms with Crippen molar-refractivity contribution >= 4 is 11.4 Å². The summed E-state index contributed by atoms with van der Waals surface area (Å²) < 4.78 is 25.4. The zero-order valence-electron chi connectivity index (χ0n) is 17.5. The number of aliphatic hydroxyl groups is 1. The average molecular weight is 410 g/mol. The van der Waals surface area contributed by atoms with Gasteiger partial charge in [-0.15, -0.1) is 0 Å². The van der Waals surface area contributed by atoms with Crippen molar-refractivity contribution in [3.05, 3.63) is 64.7 Å². The molecule has 30 heavy (non-hydrogen) atoms. The molecule has 0 atom stereocenters. The van der Waals surface area contributed by atoms with Gasteiger partial charge in [-0.05, 0) is 72.6 Å². The van der Waals surface area contributed by atoms with Gasteiger partial charge in [0.05, 0.1) is 5.57 Å². The minimum Gasteiger partial charge on any atom is -0.512 e. The van der Waals surface area contributed by atoms with Crippen molar-refractivity contribution in [3.63, 3.8) is 0 Å². The monoisotopic (exact) mass is 410 g/mol. The highest BCUT2D eigenvalue weighted by Gasteiger charge is 2.41. The number of allylic oxidation sites excluding steroid dienone is 2. The summed E-state index contributed by atoms with van der Waals surface area (Å²) in [5.41, 5.74) is 2.61. The molecule has 0 saturated carbocycles. The van der Waals surface area contributed by atoms with Crippen LogP contribution >= 0.6 is 0 Å². The molecule has 1 heterocycles. The largest absolute Gasteiger partial charge is 0.512 e. The second kappa shape index (κ2) is 8.23. The second-order valence-electron chi connectivity index (χ2n) is 8.42. The van der Waals surface area contributed by atoms with Crippen LogP contribution in [0.25, 0.3) is 5.57 Å². The summed E-state index contributed by atoms with van der Waals surface area (Å²) in [6, 6.07) is 10.2. The number of ketones is 1. The predicted octanol–water partition coefficient (Wildman–Crippen LogP) is 5.92. The molecule has 2 aliphatic rings. The highest BCUT2D eigenvalue weighted by atomic mass is 19.1. The number of rotatable bonds is 4. The molecule has 0 radical (unpaired) electrons. The lowest BCUT2D eigenvalue weighted by Gasteiger charge is -2.39. The summed E-state index contributed by atoms with van der Waals surface area (Å²) in [5, 5.41) is 10.9. The van der Waals surface area contributed by atoms with Crippen molar-refractivity contribution in [2.45, 2.75) is 46.0 Å². The lowest BCUT2D eigenvalue weighted by molar-refractivity contribution is -0.118. The zero-order chi connectivity index (χ0) is 21.3. The summed E-state index contributed by atoms with van der Waals surface area (Å²) in [7, 11) is 0. The lowest BCUT2D eigenvalue weighted by Crippen LogP contribution is -2.36. The van der Waals surface area contributed by atoms with Gasteiger partial charge in [-0.1, -0.05) is 19.1 Å². The molecule has 1 spiro atoms. The first kappa shape index (κ1) is 20.6. The van der Waals surface area contributed by atoms with E-state index in [4.69, 9.17) is 9.47 Å². The fourth-order valence-electron chi connectivity index (χ4n) is 4.54. The molecular formula is C25H27FO4. The molecule has 4 rings (SSSR count). The van der Waals surface area contributed by atoms with Crippen molar-refractivity contribution < 1.29 is 23.8 Å². The van der Waals surface area contributed by atoms with Crippen LogP contribution in [0, 0.1) is 18.2 Å². The van der Waals surface area contributed by atoms with Crippen molar-refractivity contribution in [2.24, 2.45) is 5.41 Å². The standard InChI is InChI=1S/C25H27FO4/c1-3-17-5-6-18(30-23-7-4-16(2)12-20(23)26)13-19(17)24-21(27)14-25(15-22(24)28)8-10-29-11-9-25/h4-7,12-13,27H,3,8-11,14-15H2,1-2H3.